The summed E-state index contributed by atoms with van der Waals surface area (Å²) in [5.41, 5.74) is 0. The van der Waals surface area contributed by atoms with Gasteiger partial charge in [-0.2, -0.15) is 5.26 Å². The molecular weight excluding hydrogens is 242 g/mol. The van der Waals surface area contributed by atoms with Gasteiger partial charge in [0.2, 0.25) is 0 Å². The van der Waals surface area contributed by atoms with Crippen molar-refractivity contribution in [3.8, 4) is 6.07 Å². The Hall–Kier alpha value is -1.80. The second kappa shape index (κ2) is 6.39. The summed E-state index contributed by atoms with van der Waals surface area (Å²) < 4.78 is 5.13. The van der Waals surface area contributed by atoms with Gasteiger partial charge in [0.1, 0.15) is 0 Å². The highest BCUT2D eigenvalue weighted by molar-refractivity contribution is 5.91. The summed E-state index contributed by atoms with van der Waals surface area (Å²) in [6.07, 6.45) is 3.41. The predicted molar refractivity (Wildman–Crippen MR) is 70.5 cm³/mol. The van der Waals surface area contributed by atoms with Gasteiger partial charge >= 0.3 is 0 Å². The molecular formula is C14H19N3O2. The lowest BCUT2D eigenvalue weighted by Crippen LogP contribution is -2.51. The van der Waals surface area contributed by atoms with Gasteiger partial charge in [-0.1, -0.05) is 13.3 Å². The fourth-order valence-corrected chi connectivity index (χ4v) is 2.39. The highest BCUT2D eigenvalue weighted by Gasteiger charge is 2.26. The molecule has 5 nitrogen and oxygen atoms in total. The molecule has 0 spiro atoms. The first kappa shape index (κ1) is 13.6. The second-order valence-electron chi connectivity index (χ2n) is 4.74. The highest BCUT2D eigenvalue weighted by atomic mass is 16.3. The van der Waals surface area contributed by atoms with Crippen LogP contribution in [-0.2, 0) is 0 Å². The van der Waals surface area contributed by atoms with E-state index in [0.29, 0.717) is 18.8 Å². The van der Waals surface area contributed by atoms with Crippen LogP contribution in [0.4, 0.5) is 0 Å². The number of nitrogens with zero attached hydrogens (tertiary/aromatic N) is 3. The number of amides is 1. The molecule has 0 aromatic carbocycles. The smallest absolute Gasteiger partial charge is 0.289 e. The molecule has 1 aromatic rings. The van der Waals surface area contributed by atoms with E-state index in [1.165, 1.54) is 6.26 Å². The molecule has 102 valence electrons. The number of rotatable bonds is 4. The van der Waals surface area contributed by atoms with Crippen molar-refractivity contribution in [1.29, 1.82) is 5.26 Å². The molecule has 19 heavy (non-hydrogen) atoms. The van der Waals surface area contributed by atoms with E-state index < -0.39 is 0 Å². The van der Waals surface area contributed by atoms with Crippen LogP contribution < -0.4 is 0 Å². The normalized spacial score (nSPS) is 18.0. The first-order valence-corrected chi connectivity index (χ1v) is 6.72. The maximum absolute atomic E-state index is 12.1. The minimum Gasteiger partial charge on any atom is -0.459 e. The van der Waals surface area contributed by atoms with Gasteiger partial charge in [0, 0.05) is 26.2 Å². The van der Waals surface area contributed by atoms with Crippen LogP contribution in [0, 0.1) is 11.3 Å². The monoisotopic (exact) mass is 261 g/mol. The minimum absolute atomic E-state index is 0.0223. The number of hydrogen-bond donors (Lipinski definition) is 0. The number of piperazine rings is 1. The fraction of sp³-hybridized carbons (Fsp3) is 0.571. The van der Waals surface area contributed by atoms with Gasteiger partial charge in [0.15, 0.2) is 5.76 Å². The van der Waals surface area contributed by atoms with E-state index in [2.05, 4.69) is 17.9 Å². The number of nitriles is 1. The van der Waals surface area contributed by atoms with Crippen LogP contribution in [0.15, 0.2) is 22.8 Å². The van der Waals surface area contributed by atoms with Gasteiger partial charge in [0.05, 0.1) is 18.4 Å². The van der Waals surface area contributed by atoms with E-state index in [1.54, 1.807) is 17.0 Å². The van der Waals surface area contributed by atoms with Crippen molar-refractivity contribution in [1.82, 2.24) is 9.80 Å². The molecule has 0 saturated carbocycles. The van der Waals surface area contributed by atoms with E-state index in [-0.39, 0.29) is 11.9 Å². The third kappa shape index (κ3) is 3.15. The summed E-state index contributed by atoms with van der Waals surface area (Å²) in [5, 5.41) is 9.15. The van der Waals surface area contributed by atoms with E-state index >= 15 is 0 Å². The van der Waals surface area contributed by atoms with Gasteiger partial charge in [-0.25, -0.2) is 0 Å². The van der Waals surface area contributed by atoms with Gasteiger partial charge in [-0.3, -0.25) is 9.69 Å². The van der Waals surface area contributed by atoms with Crippen LogP contribution in [0.1, 0.15) is 30.3 Å². The van der Waals surface area contributed by atoms with Gasteiger partial charge < -0.3 is 9.32 Å². The van der Waals surface area contributed by atoms with Crippen LogP contribution in [0.5, 0.6) is 0 Å². The van der Waals surface area contributed by atoms with E-state index in [1.807, 2.05) is 0 Å². The van der Waals surface area contributed by atoms with E-state index in [4.69, 9.17) is 9.68 Å². The summed E-state index contributed by atoms with van der Waals surface area (Å²) in [6, 6.07) is 5.73. The summed E-state index contributed by atoms with van der Waals surface area (Å²) in [6.45, 7) is 4.90. The van der Waals surface area contributed by atoms with Crippen LogP contribution in [0.2, 0.25) is 0 Å². The predicted octanol–water partition coefficient (Wildman–Crippen LogP) is 1.73. The number of carbonyl (C=O) groups is 1. The van der Waals surface area contributed by atoms with Crippen molar-refractivity contribution >= 4 is 5.91 Å². The Balaban J connectivity index is 1.89. The maximum atomic E-state index is 12.1. The Bertz CT molecular complexity index is 442. The molecule has 1 saturated heterocycles. The Morgan fingerprint density at radius 3 is 2.74 bits per heavy atom. The van der Waals surface area contributed by atoms with Gasteiger partial charge in [-0.05, 0) is 18.6 Å². The minimum atomic E-state index is -0.0614. The van der Waals surface area contributed by atoms with Crippen molar-refractivity contribution < 1.29 is 9.21 Å². The average Bonchev–Trinajstić information content (AvgIpc) is 2.98. The van der Waals surface area contributed by atoms with Crippen LogP contribution in [0.3, 0.4) is 0 Å². The van der Waals surface area contributed by atoms with Gasteiger partial charge in [-0.15, -0.1) is 0 Å². The Morgan fingerprint density at radius 2 is 2.21 bits per heavy atom. The Labute approximate surface area is 113 Å². The quantitative estimate of drug-likeness (QED) is 0.828. The van der Waals surface area contributed by atoms with Crippen LogP contribution >= 0.6 is 0 Å². The second-order valence-corrected chi connectivity index (χ2v) is 4.74. The third-order valence-electron chi connectivity index (χ3n) is 3.49. The number of carbonyl (C=O) groups excluding carboxylic acids is 1. The molecule has 0 radical (unpaired) electrons. The SMILES string of the molecule is CCCC(C#N)N1CCN(C(=O)c2ccco2)CC1. The summed E-state index contributed by atoms with van der Waals surface area (Å²) in [5.74, 6) is 0.326. The van der Waals surface area contributed by atoms with Crippen molar-refractivity contribution in [2.75, 3.05) is 26.2 Å². The topological polar surface area (TPSA) is 60.5 Å². The lowest BCUT2D eigenvalue weighted by molar-refractivity contribution is 0.0571. The Kier molecular flexibility index (Phi) is 4.58. The van der Waals surface area contributed by atoms with Crippen molar-refractivity contribution in [2.24, 2.45) is 0 Å². The molecule has 2 rings (SSSR count). The van der Waals surface area contributed by atoms with E-state index in [0.717, 1.165) is 25.9 Å². The van der Waals surface area contributed by atoms with Crippen molar-refractivity contribution in [3.05, 3.63) is 24.2 Å². The lowest BCUT2D eigenvalue weighted by Gasteiger charge is -2.36. The fourth-order valence-electron chi connectivity index (χ4n) is 2.39. The van der Waals surface area contributed by atoms with Gasteiger partial charge in [0.25, 0.3) is 5.91 Å². The molecule has 2 heterocycles. The molecule has 1 aliphatic rings. The zero-order chi connectivity index (χ0) is 13.7. The Morgan fingerprint density at radius 1 is 1.47 bits per heavy atom. The number of furan rings is 1. The molecule has 0 N–H and O–H groups in total. The zero-order valence-electron chi connectivity index (χ0n) is 11.2. The van der Waals surface area contributed by atoms with Crippen LogP contribution in [0.25, 0.3) is 0 Å². The molecule has 1 atom stereocenters. The molecule has 0 bridgehead atoms. The molecule has 1 aliphatic heterocycles. The third-order valence-corrected chi connectivity index (χ3v) is 3.49. The van der Waals surface area contributed by atoms with Crippen molar-refractivity contribution in [3.63, 3.8) is 0 Å². The van der Waals surface area contributed by atoms with Crippen LogP contribution in [-0.4, -0.2) is 47.9 Å². The first-order valence-electron chi connectivity index (χ1n) is 6.72. The summed E-state index contributed by atoms with van der Waals surface area (Å²) in [7, 11) is 0. The first-order chi connectivity index (χ1) is 9.26. The number of hydrogen-bond acceptors (Lipinski definition) is 4. The largest absolute Gasteiger partial charge is 0.459 e. The molecule has 0 aliphatic carbocycles. The molecule has 5 heteroatoms. The molecule has 1 aromatic heterocycles. The summed E-state index contributed by atoms with van der Waals surface area (Å²) in [4.78, 5) is 16.0. The maximum Gasteiger partial charge on any atom is 0.289 e. The molecule has 1 unspecified atom stereocenters. The van der Waals surface area contributed by atoms with E-state index in [9.17, 15) is 4.79 Å². The standard InChI is InChI=1S/C14H19N3O2/c1-2-4-12(11-15)16-6-8-17(9-7-16)14(18)13-5-3-10-19-13/h3,5,10,12H,2,4,6-9H2,1H3. The summed E-state index contributed by atoms with van der Waals surface area (Å²) >= 11 is 0. The highest BCUT2D eigenvalue weighted by Crippen LogP contribution is 2.13. The van der Waals surface area contributed by atoms with Crippen molar-refractivity contribution in [2.45, 2.75) is 25.8 Å². The molecule has 1 fully saturated rings. The molecule has 1 amide bonds. The average molecular weight is 261 g/mol. The lowest BCUT2D eigenvalue weighted by atomic mass is 10.1. The zero-order valence-corrected chi connectivity index (χ0v) is 11.2.